The molecule has 3 fully saturated rings. The van der Waals surface area contributed by atoms with E-state index in [0.717, 1.165) is 55.9 Å². The van der Waals surface area contributed by atoms with Crippen molar-refractivity contribution < 1.29 is 9.90 Å². The Morgan fingerprint density at radius 2 is 2.03 bits per heavy atom. The number of fused-ring (bicyclic) bond motifs is 5. The van der Waals surface area contributed by atoms with Gasteiger partial charge in [-0.25, -0.2) is 0 Å². The van der Waals surface area contributed by atoms with Crippen molar-refractivity contribution in [3.63, 3.8) is 0 Å². The van der Waals surface area contributed by atoms with Crippen LogP contribution in [0.15, 0.2) is 36.2 Å². The predicted octanol–water partition coefficient (Wildman–Crippen LogP) is 6.44. The molecule has 1 heterocycles. The Kier molecular flexibility index (Phi) is 7.38. The van der Waals surface area contributed by atoms with E-state index in [1.165, 1.54) is 44.1 Å². The summed E-state index contributed by atoms with van der Waals surface area (Å²) in [6, 6.07) is 4.05. The van der Waals surface area contributed by atoms with Gasteiger partial charge in [-0.05, 0) is 116 Å². The lowest BCUT2D eigenvalue weighted by Gasteiger charge is -2.58. The Labute approximate surface area is 219 Å². The molecule has 0 saturated heterocycles. The molecular formula is C32H48N2O2. The molecule has 1 aromatic heterocycles. The van der Waals surface area contributed by atoms with E-state index in [4.69, 9.17) is 0 Å². The van der Waals surface area contributed by atoms with Gasteiger partial charge < -0.3 is 10.0 Å². The van der Waals surface area contributed by atoms with Gasteiger partial charge in [-0.3, -0.25) is 9.78 Å². The summed E-state index contributed by atoms with van der Waals surface area (Å²) >= 11 is 0. The van der Waals surface area contributed by atoms with Gasteiger partial charge in [-0.1, -0.05) is 38.5 Å². The quantitative estimate of drug-likeness (QED) is 0.446. The summed E-state index contributed by atoms with van der Waals surface area (Å²) in [4.78, 5) is 19.0. The van der Waals surface area contributed by atoms with Gasteiger partial charge >= 0.3 is 0 Å². The molecule has 3 saturated carbocycles. The second-order valence-electron chi connectivity index (χ2n) is 13.3. The lowest BCUT2D eigenvalue weighted by Crippen LogP contribution is -2.50. The van der Waals surface area contributed by atoms with Gasteiger partial charge in [-0.15, -0.1) is 0 Å². The predicted molar refractivity (Wildman–Crippen MR) is 145 cm³/mol. The van der Waals surface area contributed by atoms with Crippen LogP contribution in [0.25, 0.3) is 0 Å². The Morgan fingerprint density at radius 1 is 1.19 bits per heavy atom. The summed E-state index contributed by atoms with van der Waals surface area (Å²) in [5, 5.41) is 10.3. The fraction of sp³-hybridized carbons (Fsp3) is 0.750. The summed E-state index contributed by atoms with van der Waals surface area (Å²) in [6.45, 7) is 8.32. The molecule has 1 amide bonds. The van der Waals surface area contributed by atoms with Crippen LogP contribution in [0.4, 0.5) is 0 Å². The van der Waals surface area contributed by atoms with Crippen molar-refractivity contribution >= 4 is 5.91 Å². The van der Waals surface area contributed by atoms with E-state index in [1.807, 2.05) is 24.2 Å². The topological polar surface area (TPSA) is 53.4 Å². The molecule has 4 aliphatic rings. The van der Waals surface area contributed by atoms with Crippen molar-refractivity contribution in [2.45, 2.75) is 97.5 Å². The standard InChI is InChI=1S/C32H48N2O2/c1-22(7-12-30(36)34(4)19-15-23-6-5-18-33-21-23)27-10-11-28-26-9-8-24-20-25(35)13-16-31(24,2)29(26)14-17-32(27,28)3/h5-6,8,18,21-22,25-29,35H,7,9-17,19-20H2,1-4H3/t22?,25-,26-,27+,28-,29-,31-,32+/m0/s1. The molecular weight excluding hydrogens is 444 g/mol. The number of aliphatic hydroxyl groups is 1. The van der Waals surface area contributed by atoms with Crippen molar-refractivity contribution in [1.82, 2.24) is 9.88 Å². The van der Waals surface area contributed by atoms with Crippen LogP contribution in [0.2, 0.25) is 0 Å². The van der Waals surface area contributed by atoms with Crippen LogP contribution >= 0.6 is 0 Å². The van der Waals surface area contributed by atoms with Crippen molar-refractivity contribution in [3.8, 4) is 0 Å². The molecule has 1 unspecified atom stereocenters. The molecule has 8 atom stereocenters. The summed E-state index contributed by atoms with van der Waals surface area (Å²) in [6.07, 6.45) is 18.3. The SMILES string of the molecule is CC(CCC(=O)N(C)CCc1cccnc1)[C@H]1CC[C@H]2[C@@H]3CC=C4C[C@@H](O)CC[C@]4(C)[C@H]3CC[C@]12C. The van der Waals surface area contributed by atoms with Crippen LogP contribution in [0.1, 0.15) is 90.5 Å². The minimum absolute atomic E-state index is 0.122. The first kappa shape index (κ1) is 25.9. The smallest absolute Gasteiger partial charge is 0.222 e. The largest absolute Gasteiger partial charge is 0.393 e. The number of aromatic nitrogens is 1. The molecule has 0 spiro atoms. The maximum atomic E-state index is 12.9. The van der Waals surface area contributed by atoms with Crippen LogP contribution in [-0.2, 0) is 11.2 Å². The van der Waals surface area contributed by atoms with E-state index in [0.29, 0.717) is 23.2 Å². The number of carbonyl (C=O) groups excluding carboxylic acids is 1. The Balaban J connectivity index is 1.18. The number of likely N-dealkylation sites (N-methyl/N-ethyl adjacent to an activating group) is 1. The summed E-state index contributed by atoms with van der Waals surface area (Å²) in [7, 11) is 1.95. The lowest BCUT2D eigenvalue weighted by atomic mass is 9.47. The molecule has 1 N–H and O–H groups in total. The van der Waals surface area contributed by atoms with Crippen LogP contribution in [0.3, 0.4) is 0 Å². The van der Waals surface area contributed by atoms with Crippen LogP contribution in [0, 0.1) is 40.4 Å². The fourth-order valence-corrected chi connectivity index (χ4v) is 9.33. The monoisotopic (exact) mass is 492 g/mol. The van der Waals surface area contributed by atoms with Gasteiger partial charge in [-0.2, -0.15) is 0 Å². The molecule has 5 rings (SSSR count). The summed E-state index contributed by atoms with van der Waals surface area (Å²) in [5.41, 5.74) is 3.50. The fourth-order valence-electron chi connectivity index (χ4n) is 9.33. The van der Waals surface area contributed by atoms with Crippen molar-refractivity contribution in [2.24, 2.45) is 40.4 Å². The van der Waals surface area contributed by atoms with Gasteiger partial charge in [0.05, 0.1) is 6.10 Å². The average Bonchev–Trinajstić information content (AvgIpc) is 3.24. The van der Waals surface area contributed by atoms with Crippen LogP contribution < -0.4 is 0 Å². The number of allylic oxidation sites excluding steroid dienone is 1. The molecule has 0 aliphatic heterocycles. The highest BCUT2D eigenvalue weighted by Gasteiger charge is 2.59. The van der Waals surface area contributed by atoms with E-state index >= 15 is 0 Å². The number of carbonyl (C=O) groups is 1. The van der Waals surface area contributed by atoms with Gasteiger partial charge in [0.15, 0.2) is 0 Å². The zero-order valence-corrected chi connectivity index (χ0v) is 23.1. The highest BCUT2D eigenvalue weighted by molar-refractivity contribution is 5.75. The molecule has 36 heavy (non-hydrogen) atoms. The van der Waals surface area contributed by atoms with Crippen molar-refractivity contribution in [1.29, 1.82) is 0 Å². The van der Waals surface area contributed by atoms with Crippen molar-refractivity contribution in [2.75, 3.05) is 13.6 Å². The number of hydrogen-bond acceptors (Lipinski definition) is 3. The molecule has 1 aromatic rings. The number of aliphatic hydroxyl groups excluding tert-OH is 1. The zero-order chi connectivity index (χ0) is 25.5. The van der Waals surface area contributed by atoms with E-state index in [2.05, 4.69) is 37.9 Å². The molecule has 4 heteroatoms. The number of nitrogens with zero attached hydrogens (tertiary/aromatic N) is 2. The maximum Gasteiger partial charge on any atom is 0.222 e. The Hall–Kier alpha value is -1.68. The van der Waals surface area contributed by atoms with Gasteiger partial charge in [0.1, 0.15) is 0 Å². The minimum atomic E-state index is -0.122. The van der Waals surface area contributed by atoms with Gasteiger partial charge in [0.2, 0.25) is 5.91 Å². The third-order valence-corrected chi connectivity index (χ3v) is 11.5. The molecule has 0 radical (unpaired) electrons. The first-order valence-corrected chi connectivity index (χ1v) is 14.7. The average molecular weight is 493 g/mol. The summed E-state index contributed by atoms with van der Waals surface area (Å²) in [5.74, 6) is 4.05. The number of amides is 1. The number of pyridine rings is 1. The maximum absolute atomic E-state index is 12.9. The van der Waals surface area contributed by atoms with E-state index in [9.17, 15) is 9.90 Å². The van der Waals surface area contributed by atoms with Crippen LogP contribution in [0.5, 0.6) is 0 Å². The van der Waals surface area contributed by atoms with E-state index in [-0.39, 0.29) is 12.0 Å². The molecule has 4 aliphatic carbocycles. The Bertz CT molecular complexity index is 960. The third kappa shape index (κ3) is 4.68. The molecule has 198 valence electrons. The minimum Gasteiger partial charge on any atom is -0.393 e. The van der Waals surface area contributed by atoms with Crippen molar-refractivity contribution in [3.05, 3.63) is 41.7 Å². The van der Waals surface area contributed by atoms with Gasteiger partial charge in [0, 0.05) is 32.4 Å². The third-order valence-electron chi connectivity index (χ3n) is 11.5. The Morgan fingerprint density at radius 3 is 2.81 bits per heavy atom. The normalized spacial score (nSPS) is 38.4. The van der Waals surface area contributed by atoms with Gasteiger partial charge in [0.25, 0.3) is 0 Å². The first-order chi connectivity index (χ1) is 17.2. The lowest BCUT2D eigenvalue weighted by molar-refractivity contribution is -0.130. The second kappa shape index (κ2) is 10.2. The number of hydrogen-bond donors (Lipinski definition) is 1. The zero-order valence-electron chi connectivity index (χ0n) is 23.1. The molecule has 0 aromatic carbocycles. The number of rotatable bonds is 7. The second-order valence-corrected chi connectivity index (χ2v) is 13.3. The van der Waals surface area contributed by atoms with Crippen LogP contribution in [-0.4, -0.2) is 40.6 Å². The summed E-state index contributed by atoms with van der Waals surface area (Å²) < 4.78 is 0. The first-order valence-electron chi connectivity index (χ1n) is 14.7. The van der Waals surface area contributed by atoms with E-state index in [1.54, 1.807) is 11.8 Å². The molecule has 0 bridgehead atoms. The van der Waals surface area contributed by atoms with E-state index < -0.39 is 0 Å². The highest BCUT2D eigenvalue weighted by atomic mass is 16.3. The molecule has 4 nitrogen and oxygen atoms in total. The highest BCUT2D eigenvalue weighted by Crippen LogP contribution is 2.67.